The molecule has 0 aliphatic rings. The topological polar surface area (TPSA) is 64.4 Å². The highest BCUT2D eigenvalue weighted by molar-refractivity contribution is 9.10. The summed E-state index contributed by atoms with van der Waals surface area (Å²) in [7, 11) is 0. The van der Waals surface area contributed by atoms with E-state index in [9.17, 15) is 9.90 Å². The van der Waals surface area contributed by atoms with Gasteiger partial charge < -0.3 is 9.84 Å². The number of hydrogen-bond donors (Lipinski definition) is 1. The monoisotopic (exact) mass is 408 g/mol. The summed E-state index contributed by atoms with van der Waals surface area (Å²) in [6.07, 6.45) is 0.566. The minimum atomic E-state index is -0.840. The first-order valence-electron chi connectivity index (χ1n) is 7.24. The maximum absolute atomic E-state index is 12.4. The number of rotatable bonds is 5. The fourth-order valence-electron chi connectivity index (χ4n) is 2.29. The van der Waals surface area contributed by atoms with Crippen molar-refractivity contribution in [2.75, 3.05) is 6.61 Å². The van der Waals surface area contributed by atoms with E-state index in [1.165, 1.54) is 10.9 Å². The zero-order valence-corrected chi connectivity index (χ0v) is 14.9. The van der Waals surface area contributed by atoms with E-state index in [1.807, 2.05) is 12.1 Å². The summed E-state index contributed by atoms with van der Waals surface area (Å²) in [6, 6.07) is 12.2. The maximum atomic E-state index is 12.4. The third-order valence-electron chi connectivity index (χ3n) is 3.43. The number of fused-ring (bicyclic) bond motifs is 1. The maximum Gasteiger partial charge on any atom is 0.261 e. The fourth-order valence-corrected chi connectivity index (χ4v) is 2.84. The zero-order valence-electron chi connectivity index (χ0n) is 12.5. The van der Waals surface area contributed by atoms with Gasteiger partial charge in [-0.2, -0.15) is 0 Å². The van der Waals surface area contributed by atoms with Gasteiger partial charge in [0.05, 0.1) is 23.8 Å². The minimum absolute atomic E-state index is 0.0710. The molecule has 0 fully saturated rings. The standard InChI is InChI=1S/C17H14BrClN2O3/c18-11-2-1-3-14(6-11)24-9-13(22)8-21-10-20-16-7-12(19)4-5-15(16)17(21)23/h1-7,10,13,22H,8-9H2/t13-/m1/s1. The Kier molecular flexibility index (Phi) is 5.18. The number of ether oxygens (including phenoxy) is 1. The van der Waals surface area contributed by atoms with E-state index in [0.29, 0.717) is 21.7 Å². The van der Waals surface area contributed by atoms with E-state index in [0.717, 1.165) is 4.47 Å². The third kappa shape index (κ3) is 3.95. The Morgan fingerprint density at radius 1 is 1.29 bits per heavy atom. The van der Waals surface area contributed by atoms with Gasteiger partial charge in [-0.3, -0.25) is 9.36 Å². The number of aliphatic hydroxyl groups excluding tert-OH is 1. The molecular formula is C17H14BrClN2O3. The Morgan fingerprint density at radius 2 is 2.12 bits per heavy atom. The van der Waals surface area contributed by atoms with Crippen LogP contribution in [0, 0.1) is 0 Å². The second kappa shape index (κ2) is 7.34. The van der Waals surface area contributed by atoms with Gasteiger partial charge in [-0.1, -0.05) is 33.6 Å². The van der Waals surface area contributed by atoms with Gasteiger partial charge in [0.25, 0.3) is 5.56 Å². The van der Waals surface area contributed by atoms with E-state index in [-0.39, 0.29) is 18.7 Å². The van der Waals surface area contributed by atoms with Gasteiger partial charge in [0, 0.05) is 9.50 Å². The highest BCUT2D eigenvalue weighted by Crippen LogP contribution is 2.18. The molecule has 0 saturated carbocycles. The molecule has 0 unspecified atom stereocenters. The normalized spacial score (nSPS) is 12.3. The lowest BCUT2D eigenvalue weighted by atomic mass is 10.2. The molecule has 0 radical (unpaired) electrons. The van der Waals surface area contributed by atoms with Crippen molar-refractivity contribution < 1.29 is 9.84 Å². The molecule has 2 aromatic carbocycles. The van der Waals surface area contributed by atoms with Gasteiger partial charge in [-0.15, -0.1) is 0 Å². The van der Waals surface area contributed by atoms with Crippen molar-refractivity contribution in [1.29, 1.82) is 0 Å². The molecule has 0 spiro atoms. The highest BCUT2D eigenvalue weighted by Gasteiger charge is 2.10. The Morgan fingerprint density at radius 3 is 2.92 bits per heavy atom. The molecule has 0 bridgehead atoms. The van der Waals surface area contributed by atoms with Crippen LogP contribution in [0.3, 0.4) is 0 Å². The van der Waals surface area contributed by atoms with Crippen LogP contribution < -0.4 is 10.3 Å². The van der Waals surface area contributed by atoms with Crippen LogP contribution in [0.25, 0.3) is 10.9 Å². The minimum Gasteiger partial charge on any atom is -0.491 e. The van der Waals surface area contributed by atoms with Gasteiger partial charge in [0.15, 0.2) is 0 Å². The lowest BCUT2D eigenvalue weighted by Gasteiger charge is -2.14. The highest BCUT2D eigenvalue weighted by atomic mass is 79.9. The lowest BCUT2D eigenvalue weighted by Crippen LogP contribution is -2.30. The first kappa shape index (κ1) is 17.0. The Balaban J connectivity index is 1.71. The third-order valence-corrected chi connectivity index (χ3v) is 4.16. The molecule has 1 atom stereocenters. The molecular weight excluding hydrogens is 396 g/mol. The first-order valence-corrected chi connectivity index (χ1v) is 8.41. The number of aliphatic hydroxyl groups is 1. The summed E-state index contributed by atoms with van der Waals surface area (Å²) in [5.41, 5.74) is 0.307. The van der Waals surface area contributed by atoms with Crippen LogP contribution in [0.1, 0.15) is 0 Å². The van der Waals surface area contributed by atoms with Crippen molar-refractivity contribution in [3.63, 3.8) is 0 Å². The molecule has 0 amide bonds. The van der Waals surface area contributed by atoms with E-state index < -0.39 is 6.10 Å². The SMILES string of the molecule is O=c1c2ccc(Cl)cc2ncn1C[C@@H](O)COc1cccc(Br)c1. The van der Waals surface area contributed by atoms with Crippen molar-refractivity contribution in [1.82, 2.24) is 9.55 Å². The van der Waals surface area contributed by atoms with E-state index >= 15 is 0 Å². The predicted octanol–water partition coefficient (Wildman–Crippen LogP) is 3.25. The summed E-state index contributed by atoms with van der Waals surface area (Å²) in [6.45, 7) is 0.167. The molecule has 1 aromatic heterocycles. The lowest BCUT2D eigenvalue weighted by molar-refractivity contribution is 0.0914. The van der Waals surface area contributed by atoms with Crippen molar-refractivity contribution in [3.05, 3.63) is 68.6 Å². The van der Waals surface area contributed by atoms with Crippen LogP contribution in [0.5, 0.6) is 5.75 Å². The number of halogens is 2. The molecule has 0 saturated heterocycles. The van der Waals surface area contributed by atoms with Crippen molar-refractivity contribution in [2.45, 2.75) is 12.6 Å². The van der Waals surface area contributed by atoms with Gasteiger partial charge in [0.2, 0.25) is 0 Å². The summed E-state index contributed by atoms with van der Waals surface area (Å²) < 4.78 is 7.79. The largest absolute Gasteiger partial charge is 0.491 e. The second-order valence-electron chi connectivity index (χ2n) is 5.29. The molecule has 0 aliphatic carbocycles. The van der Waals surface area contributed by atoms with Crippen LogP contribution in [0.2, 0.25) is 5.02 Å². The molecule has 1 heterocycles. The molecule has 3 rings (SSSR count). The quantitative estimate of drug-likeness (QED) is 0.702. The Labute approximate surface area is 151 Å². The molecule has 1 N–H and O–H groups in total. The average Bonchev–Trinajstić information content (AvgIpc) is 2.56. The summed E-state index contributed by atoms with van der Waals surface area (Å²) in [4.78, 5) is 16.6. The van der Waals surface area contributed by atoms with Crippen LogP contribution in [-0.2, 0) is 6.54 Å². The van der Waals surface area contributed by atoms with Crippen molar-refractivity contribution >= 4 is 38.4 Å². The Bertz CT molecular complexity index is 929. The molecule has 7 heteroatoms. The van der Waals surface area contributed by atoms with Gasteiger partial charge >= 0.3 is 0 Å². The molecule has 24 heavy (non-hydrogen) atoms. The predicted molar refractivity (Wildman–Crippen MR) is 96.7 cm³/mol. The number of aromatic nitrogens is 2. The van der Waals surface area contributed by atoms with E-state index in [2.05, 4.69) is 20.9 Å². The summed E-state index contributed by atoms with van der Waals surface area (Å²) in [5.74, 6) is 0.641. The van der Waals surface area contributed by atoms with E-state index in [4.69, 9.17) is 16.3 Å². The van der Waals surface area contributed by atoms with Gasteiger partial charge in [-0.25, -0.2) is 4.98 Å². The van der Waals surface area contributed by atoms with Gasteiger partial charge in [0.1, 0.15) is 18.5 Å². The van der Waals surface area contributed by atoms with Gasteiger partial charge in [-0.05, 0) is 36.4 Å². The fraction of sp³-hybridized carbons (Fsp3) is 0.176. The first-order chi connectivity index (χ1) is 11.5. The Hall–Kier alpha value is -1.89. The number of hydrogen-bond acceptors (Lipinski definition) is 4. The van der Waals surface area contributed by atoms with Crippen molar-refractivity contribution in [3.8, 4) is 5.75 Å². The molecule has 5 nitrogen and oxygen atoms in total. The van der Waals surface area contributed by atoms with Crippen LogP contribution >= 0.6 is 27.5 Å². The van der Waals surface area contributed by atoms with Crippen LogP contribution in [0.4, 0.5) is 0 Å². The summed E-state index contributed by atoms with van der Waals surface area (Å²) >= 11 is 9.25. The summed E-state index contributed by atoms with van der Waals surface area (Å²) in [5, 5.41) is 11.1. The smallest absolute Gasteiger partial charge is 0.261 e. The molecule has 3 aromatic rings. The van der Waals surface area contributed by atoms with Crippen LogP contribution in [0.15, 0.2) is 58.1 Å². The van der Waals surface area contributed by atoms with E-state index in [1.54, 1.807) is 30.3 Å². The van der Waals surface area contributed by atoms with Crippen LogP contribution in [-0.4, -0.2) is 27.4 Å². The molecule has 0 aliphatic heterocycles. The zero-order chi connectivity index (χ0) is 17.1. The second-order valence-corrected chi connectivity index (χ2v) is 6.64. The number of nitrogens with zero attached hydrogens (tertiary/aromatic N) is 2. The number of benzene rings is 2. The van der Waals surface area contributed by atoms with Crippen molar-refractivity contribution in [2.24, 2.45) is 0 Å². The molecule has 124 valence electrons. The average molecular weight is 410 g/mol.